The van der Waals surface area contributed by atoms with E-state index < -0.39 is 0 Å². The zero-order valence-electron chi connectivity index (χ0n) is 9.69. The normalized spacial score (nSPS) is 16.6. The highest BCUT2D eigenvalue weighted by molar-refractivity contribution is 8.77. The van der Waals surface area contributed by atoms with Crippen molar-refractivity contribution in [3.8, 4) is 0 Å². The van der Waals surface area contributed by atoms with Gasteiger partial charge in [-0.15, -0.1) is 0 Å². The fraction of sp³-hybridized carbons (Fsp3) is 0.667. The molecule has 0 bridgehead atoms. The molecule has 82 valence electrons. The van der Waals surface area contributed by atoms with Gasteiger partial charge in [-0.25, -0.2) is 0 Å². The molecule has 14 heavy (non-hydrogen) atoms. The van der Waals surface area contributed by atoms with Crippen molar-refractivity contribution < 1.29 is 0 Å². The lowest BCUT2D eigenvalue weighted by Crippen LogP contribution is -1.97. The quantitative estimate of drug-likeness (QED) is 0.442. The highest BCUT2D eigenvalue weighted by Crippen LogP contribution is 2.35. The average Bonchev–Trinajstić information content (AvgIpc) is 2.22. The van der Waals surface area contributed by atoms with Crippen LogP contribution in [0.15, 0.2) is 24.3 Å². The fourth-order valence-corrected chi connectivity index (χ4v) is 4.10. The maximum absolute atomic E-state index is 2.29. The lowest BCUT2D eigenvalue weighted by molar-refractivity contribution is 0.974. The van der Waals surface area contributed by atoms with Crippen molar-refractivity contribution >= 4 is 21.6 Å². The van der Waals surface area contributed by atoms with Gasteiger partial charge in [-0.05, 0) is 26.7 Å². The maximum atomic E-state index is 2.29. The van der Waals surface area contributed by atoms with Gasteiger partial charge < -0.3 is 0 Å². The highest BCUT2D eigenvalue weighted by Gasteiger charge is 2.07. The molecule has 2 unspecified atom stereocenters. The monoisotopic (exact) mass is 230 g/mol. The number of hydrogen-bond donors (Lipinski definition) is 0. The minimum atomic E-state index is 0.671. The SMILES string of the molecule is CC=CC(CC)SSC(C=CC)CC. The van der Waals surface area contributed by atoms with E-state index in [0.717, 1.165) is 0 Å². The summed E-state index contributed by atoms with van der Waals surface area (Å²) in [7, 11) is 3.99. The van der Waals surface area contributed by atoms with Crippen LogP contribution in [0, 0.1) is 0 Å². The van der Waals surface area contributed by atoms with Crippen LogP contribution in [-0.2, 0) is 0 Å². The van der Waals surface area contributed by atoms with Crippen LogP contribution in [0.1, 0.15) is 40.5 Å². The first-order valence-corrected chi connectivity index (χ1v) is 7.63. The molecule has 0 amide bonds. The van der Waals surface area contributed by atoms with Crippen LogP contribution in [-0.4, -0.2) is 10.5 Å². The molecule has 0 saturated carbocycles. The Morgan fingerprint density at radius 2 is 1.21 bits per heavy atom. The van der Waals surface area contributed by atoms with Crippen LogP contribution in [0.3, 0.4) is 0 Å². The molecule has 0 aliphatic heterocycles. The van der Waals surface area contributed by atoms with Crippen LogP contribution >= 0.6 is 21.6 Å². The summed E-state index contributed by atoms with van der Waals surface area (Å²) in [6, 6.07) is 0. The molecule has 0 saturated heterocycles. The van der Waals surface area contributed by atoms with Gasteiger partial charge >= 0.3 is 0 Å². The third kappa shape index (κ3) is 6.61. The Kier molecular flexibility index (Phi) is 9.85. The standard InChI is InChI=1S/C12H22S2/c1-5-9-11(7-3)13-14-12(8-4)10-6-2/h5-6,9-12H,7-8H2,1-4H3. The molecule has 0 N–H and O–H groups in total. The van der Waals surface area contributed by atoms with Crippen molar-refractivity contribution in [3.05, 3.63) is 24.3 Å². The molecule has 0 radical (unpaired) electrons. The summed E-state index contributed by atoms with van der Waals surface area (Å²) in [6.07, 6.45) is 11.3. The Bertz CT molecular complexity index is 153. The molecule has 0 aliphatic rings. The second-order valence-corrected chi connectivity index (χ2v) is 5.89. The van der Waals surface area contributed by atoms with Gasteiger partial charge in [0.1, 0.15) is 0 Å². The van der Waals surface area contributed by atoms with E-state index in [2.05, 4.69) is 52.0 Å². The smallest absolute Gasteiger partial charge is 0.0328 e. The molecule has 2 heteroatoms. The zero-order chi connectivity index (χ0) is 10.8. The Morgan fingerprint density at radius 3 is 1.43 bits per heavy atom. The molecule has 0 aliphatic carbocycles. The van der Waals surface area contributed by atoms with Crippen molar-refractivity contribution in [3.63, 3.8) is 0 Å². The molecule has 0 rings (SSSR count). The third-order valence-corrected chi connectivity index (χ3v) is 5.32. The molecule has 0 aromatic heterocycles. The Labute approximate surface area is 97.0 Å². The average molecular weight is 230 g/mol. The number of hydrogen-bond acceptors (Lipinski definition) is 2. The lowest BCUT2D eigenvalue weighted by atomic mass is 10.3. The summed E-state index contributed by atoms with van der Waals surface area (Å²) < 4.78 is 0. The summed E-state index contributed by atoms with van der Waals surface area (Å²) >= 11 is 0. The highest BCUT2D eigenvalue weighted by atomic mass is 33.1. The first-order valence-electron chi connectivity index (χ1n) is 5.36. The van der Waals surface area contributed by atoms with Gasteiger partial charge in [0.15, 0.2) is 0 Å². The van der Waals surface area contributed by atoms with Crippen LogP contribution in [0.25, 0.3) is 0 Å². The molecule has 2 atom stereocenters. The van der Waals surface area contributed by atoms with Gasteiger partial charge in [0.2, 0.25) is 0 Å². The van der Waals surface area contributed by atoms with Crippen LogP contribution in [0.2, 0.25) is 0 Å². The Hall–Kier alpha value is 0.180. The van der Waals surface area contributed by atoms with Crippen LogP contribution < -0.4 is 0 Å². The van der Waals surface area contributed by atoms with E-state index in [1.165, 1.54) is 12.8 Å². The minimum absolute atomic E-state index is 0.671. The van der Waals surface area contributed by atoms with Crippen LogP contribution in [0.4, 0.5) is 0 Å². The van der Waals surface area contributed by atoms with E-state index in [1.807, 2.05) is 21.6 Å². The summed E-state index contributed by atoms with van der Waals surface area (Å²) in [4.78, 5) is 0. The predicted molar refractivity (Wildman–Crippen MR) is 73.0 cm³/mol. The fourth-order valence-electron chi connectivity index (χ4n) is 1.04. The summed E-state index contributed by atoms with van der Waals surface area (Å²) in [5.74, 6) is 0. The van der Waals surface area contributed by atoms with E-state index >= 15 is 0 Å². The number of rotatable bonds is 7. The summed E-state index contributed by atoms with van der Waals surface area (Å²) in [6.45, 7) is 8.68. The van der Waals surface area contributed by atoms with E-state index in [1.54, 1.807) is 0 Å². The van der Waals surface area contributed by atoms with Crippen LogP contribution in [0.5, 0.6) is 0 Å². The van der Waals surface area contributed by atoms with E-state index in [9.17, 15) is 0 Å². The van der Waals surface area contributed by atoms with E-state index in [4.69, 9.17) is 0 Å². The second-order valence-electron chi connectivity index (χ2n) is 3.14. The third-order valence-electron chi connectivity index (χ3n) is 1.92. The van der Waals surface area contributed by atoms with Gasteiger partial charge in [-0.2, -0.15) is 0 Å². The topological polar surface area (TPSA) is 0 Å². The minimum Gasteiger partial charge on any atom is -0.0905 e. The molecule has 0 aromatic rings. The van der Waals surface area contributed by atoms with Gasteiger partial charge in [0, 0.05) is 10.5 Å². The van der Waals surface area contributed by atoms with Gasteiger partial charge in [-0.3, -0.25) is 0 Å². The van der Waals surface area contributed by atoms with E-state index in [-0.39, 0.29) is 0 Å². The largest absolute Gasteiger partial charge is 0.0905 e. The summed E-state index contributed by atoms with van der Waals surface area (Å²) in [5, 5.41) is 1.34. The predicted octanol–water partition coefficient (Wildman–Crippen LogP) is 5.08. The summed E-state index contributed by atoms with van der Waals surface area (Å²) in [5.41, 5.74) is 0. The van der Waals surface area contributed by atoms with E-state index in [0.29, 0.717) is 10.5 Å². The first kappa shape index (κ1) is 14.2. The molecule has 0 heterocycles. The molecule has 0 nitrogen and oxygen atoms in total. The van der Waals surface area contributed by atoms with Crippen molar-refractivity contribution in [2.75, 3.05) is 0 Å². The Balaban J connectivity index is 3.86. The molecule has 0 spiro atoms. The van der Waals surface area contributed by atoms with Gasteiger partial charge in [0.05, 0.1) is 0 Å². The molecular formula is C12H22S2. The van der Waals surface area contributed by atoms with Crippen molar-refractivity contribution in [1.29, 1.82) is 0 Å². The lowest BCUT2D eigenvalue weighted by Gasteiger charge is -2.13. The Morgan fingerprint density at radius 1 is 0.857 bits per heavy atom. The van der Waals surface area contributed by atoms with Gasteiger partial charge in [-0.1, -0.05) is 59.7 Å². The number of allylic oxidation sites excluding steroid dienone is 2. The van der Waals surface area contributed by atoms with Crippen molar-refractivity contribution in [2.24, 2.45) is 0 Å². The first-order chi connectivity index (χ1) is 6.78. The van der Waals surface area contributed by atoms with Gasteiger partial charge in [0.25, 0.3) is 0 Å². The zero-order valence-corrected chi connectivity index (χ0v) is 11.3. The molecule has 0 aromatic carbocycles. The second kappa shape index (κ2) is 9.72. The maximum Gasteiger partial charge on any atom is 0.0328 e. The molecule has 0 fully saturated rings. The molecular weight excluding hydrogens is 208 g/mol. The van der Waals surface area contributed by atoms with Crippen molar-refractivity contribution in [2.45, 2.75) is 51.0 Å². The van der Waals surface area contributed by atoms with Crippen molar-refractivity contribution in [1.82, 2.24) is 0 Å².